The van der Waals surface area contributed by atoms with Gasteiger partial charge in [0.15, 0.2) is 9.84 Å². The van der Waals surface area contributed by atoms with Crippen LogP contribution in [-0.4, -0.2) is 76.5 Å². The van der Waals surface area contributed by atoms with Gasteiger partial charge in [0.1, 0.15) is 0 Å². The highest BCUT2D eigenvalue weighted by Gasteiger charge is 2.23. The number of hydrogen-bond acceptors (Lipinski definition) is 5. The molecule has 2 rings (SSSR count). The molecule has 1 saturated heterocycles. The van der Waals surface area contributed by atoms with Crippen LogP contribution in [0, 0.1) is 0 Å². The Morgan fingerprint density at radius 2 is 1.91 bits per heavy atom. The number of ether oxygens (including phenoxy) is 1. The highest BCUT2D eigenvalue weighted by molar-refractivity contribution is 7.91. The van der Waals surface area contributed by atoms with E-state index in [0.29, 0.717) is 17.4 Å². The Morgan fingerprint density at radius 3 is 2.57 bits per heavy atom. The van der Waals surface area contributed by atoms with Crippen molar-refractivity contribution in [3.8, 4) is 0 Å². The summed E-state index contributed by atoms with van der Waals surface area (Å²) in [6.45, 7) is 7.81. The Morgan fingerprint density at radius 1 is 1.17 bits per heavy atom. The van der Waals surface area contributed by atoms with Crippen LogP contribution in [0.25, 0.3) is 0 Å². The fraction of sp³-hybridized carbons (Fsp3) is 0.647. The molecule has 1 aliphatic rings. The molecule has 0 saturated carbocycles. The lowest BCUT2D eigenvalue weighted by Crippen LogP contribution is -2.52. The van der Waals surface area contributed by atoms with E-state index in [1.165, 1.54) is 0 Å². The van der Waals surface area contributed by atoms with Gasteiger partial charge in [0.2, 0.25) is 0 Å². The molecule has 0 unspecified atom stereocenters. The molecule has 23 heavy (non-hydrogen) atoms. The zero-order valence-electron chi connectivity index (χ0n) is 14.1. The quantitative estimate of drug-likeness (QED) is 0.718. The second kappa shape index (κ2) is 8.78. The van der Waals surface area contributed by atoms with E-state index in [0.717, 1.165) is 39.3 Å². The largest absolute Gasteiger partial charge is 0.383 e. The summed E-state index contributed by atoms with van der Waals surface area (Å²) in [6, 6.07) is 9.22. The molecule has 0 N–H and O–H groups in total. The predicted octanol–water partition coefficient (Wildman–Crippen LogP) is 1.50. The van der Waals surface area contributed by atoms with Crippen LogP contribution in [0.3, 0.4) is 0 Å². The average molecular weight is 340 g/mol. The lowest BCUT2D eigenvalue weighted by molar-refractivity contribution is 0.0592. The van der Waals surface area contributed by atoms with Crippen LogP contribution in [0.1, 0.15) is 13.3 Å². The Bertz CT molecular complexity index is 562. The number of nitrogens with zero attached hydrogens (tertiary/aromatic N) is 2. The minimum Gasteiger partial charge on any atom is -0.383 e. The van der Waals surface area contributed by atoms with Crippen LogP contribution in [0.15, 0.2) is 35.2 Å². The number of hydrogen-bond donors (Lipinski definition) is 0. The third-order valence-corrected chi connectivity index (χ3v) is 6.24. The van der Waals surface area contributed by atoms with Gasteiger partial charge < -0.3 is 9.64 Å². The third kappa shape index (κ3) is 5.57. The number of sulfone groups is 1. The molecule has 1 aromatic rings. The van der Waals surface area contributed by atoms with Gasteiger partial charge in [-0.25, -0.2) is 8.42 Å². The van der Waals surface area contributed by atoms with E-state index in [9.17, 15) is 8.42 Å². The van der Waals surface area contributed by atoms with E-state index in [4.69, 9.17) is 4.74 Å². The molecule has 1 heterocycles. The van der Waals surface area contributed by atoms with Crippen LogP contribution in [0.2, 0.25) is 0 Å². The summed E-state index contributed by atoms with van der Waals surface area (Å²) in [4.78, 5) is 5.23. The van der Waals surface area contributed by atoms with E-state index in [1.54, 1.807) is 31.4 Å². The van der Waals surface area contributed by atoms with Gasteiger partial charge in [-0.3, -0.25) is 4.90 Å². The molecule has 0 aromatic heterocycles. The molecule has 1 aromatic carbocycles. The lowest BCUT2D eigenvalue weighted by Gasteiger charge is -2.39. The molecular weight excluding hydrogens is 312 g/mol. The van der Waals surface area contributed by atoms with Gasteiger partial charge in [-0.05, 0) is 32.0 Å². The van der Waals surface area contributed by atoms with E-state index in [2.05, 4.69) is 16.7 Å². The van der Waals surface area contributed by atoms with Gasteiger partial charge >= 0.3 is 0 Å². The summed E-state index contributed by atoms with van der Waals surface area (Å²) >= 11 is 0. The van der Waals surface area contributed by atoms with Gasteiger partial charge in [-0.15, -0.1) is 0 Å². The van der Waals surface area contributed by atoms with Crippen LogP contribution in [0.4, 0.5) is 0 Å². The Kier molecular flexibility index (Phi) is 7.02. The van der Waals surface area contributed by atoms with E-state index < -0.39 is 9.84 Å². The molecule has 1 atom stereocenters. The molecule has 0 radical (unpaired) electrons. The highest BCUT2D eigenvalue weighted by atomic mass is 32.2. The second-order valence-electron chi connectivity index (χ2n) is 6.16. The standard InChI is InChI=1S/C17H28N2O3S/c1-16-15-18(10-11-19(16)12-13-22-2)9-6-14-23(20,21)17-7-4-3-5-8-17/h3-5,7-8,16H,6,9-15H2,1-2H3/t16-/m0/s1. The first kappa shape index (κ1) is 18.4. The third-order valence-electron chi connectivity index (χ3n) is 4.42. The molecule has 1 fully saturated rings. The normalized spacial score (nSPS) is 20.7. The minimum absolute atomic E-state index is 0.218. The van der Waals surface area contributed by atoms with Crippen molar-refractivity contribution < 1.29 is 13.2 Å². The maximum atomic E-state index is 12.3. The van der Waals surface area contributed by atoms with Crippen molar-refractivity contribution in [3.63, 3.8) is 0 Å². The van der Waals surface area contributed by atoms with Crippen molar-refractivity contribution in [1.29, 1.82) is 0 Å². The maximum Gasteiger partial charge on any atom is 0.178 e. The summed E-state index contributed by atoms with van der Waals surface area (Å²) in [5.74, 6) is 0.218. The Labute approximate surface area is 140 Å². The van der Waals surface area contributed by atoms with Crippen molar-refractivity contribution in [2.75, 3.05) is 52.2 Å². The zero-order valence-corrected chi connectivity index (χ0v) is 15.0. The monoisotopic (exact) mass is 340 g/mol. The first-order valence-corrected chi connectivity index (χ1v) is 9.91. The van der Waals surface area contributed by atoms with E-state index in [-0.39, 0.29) is 5.75 Å². The number of methoxy groups -OCH3 is 1. The first-order chi connectivity index (χ1) is 11.0. The Balaban J connectivity index is 1.75. The van der Waals surface area contributed by atoms with Crippen molar-refractivity contribution in [1.82, 2.24) is 9.80 Å². The summed E-state index contributed by atoms with van der Waals surface area (Å²) in [5.41, 5.74) is 0. The van der Waals surface area contributed by atoms with Crippen LogP contribution >= 0.6 is 0 Å². The fourth-order valence-electron chi connectivity index (χ4n) is 3.04. The summed E-state index contributed by atoms with van der Waals surface area (Å²) in [5, 5.41) is 0. The molecule has 0 amide bonds. The van der Waals surface area contributed by atoms with Gasteiger partial charge in [0.25, 0.3) is 0 Å². The van der Waals surface area contributed by atoms with Gasteiger partial charge in [0, 0.05) is 39.3 Å². The van der Waals surface area contributed by atoms with Crippen LogP contribution < -0.4 is 0 Å². The SMILES string of the molecule is COCCN1CCN(CCCS(=O)(=O)c2ccccc2)C[C@@H]1C. The minimum atomic E-state index is -3.15. The van der Waals surface area contributed by atoms with Crippen molar-refractivity contribution in [2.45, 2.75) is 24.3 Å². The molecule has 0 spiro atoms. The van der Waals surface area contributed by atoms with Crippen molar-refractivity contribution >= 4 is 9.84 Å². The molecule has 0 aliphatic carbocycles. The molecule has 6 heteroatoms. The number of rotatable bonds is 8. The summed E-state index contributed by atoms with van der Waals surface area (Å²) in [6.07, 6.45) is 0.683. The molecule has 130 valence electrons. The molecular formula is C17H28N2O3S. The summed E-state index contributed by atoms with van der Waals surface area (Å²) in [7, 11) is -1.42. The molecule has 0 bridgehead atoms. The van der Waals surface area contributed by atoms with Crippen molar-refractivity contribution in [3.05, 3.63) is 30.3 Å². The van der Waals surface area contributed by atoms with Crippen LogP contribution in [-0.2, 0) is 14.6 Å². The molecule has 1 aliphatic heterocycles. The van der Waals surface area contributed by atoms with Crippen LogP contribution in [0.5, 0.6) is 0 Å². The van der Waals surface area contributed by atoms with Gasteiger partial charge in [-0.2, -0.15) is 0 Å². The maximum absolute atomic E-state index is 12.3. The predicted molar refractivity (Wildman–Crippen MR) is 92.5 cm³/mol. The fourth-order valence-corrected chi connectivity index (χ4v) is 4.36. The highest BCUT2D eigenvalue weighted by Crippen LogP contribution is 2.13. The summed E-state index contributed by atoms with van der Waals surface area (Å²) < 4.78 is 29.7. The van der Waals surface area contributed by atoms with Gasteiger partial charge in [0.05, 0.1) is 17.3 Å². The smallest absolute Gasteiger partial charge is 0.178 e. The number of benzene rings is 1. The number of piperazine rings is 1. The van der Waals surface area contributed by atoms with Crippen molar-refractivity contribution in [2.24, 2.45) is 0 Å². The molecule has 5 nitrogen and oxygen atoms in total. The topological polar surface area (TPSA) is 49.9 Å². The van der Waals surface area contributed by atoms with Gasteiger partial charge in [-0.1, -0.05) is 18.2 Å². The Hall–Kier alpha value is -0.950. The second-order valence-corrected chi connectivity index (χ2v) is 8.27. The van der Waals surface area contributed by atoms with E-state index in [1.807, 2.05) is 6.07 Å². The zero-order chi connectivity index (χ0) is 16.7. The lowest BCUT2D eigenvalue weighted by atomic mass is 10.2. The average Bonchev–Trinajstić information content (AvgIpc) is 2.55. The first-order valence-electron chi connectivity index (χ1n) is 8.26. The van der Waals surface area contributed by atoms with E-state index >= 15 is 0 Å².